The number of aromatic nitrogens is 4. The highest BCUT2D eigenvalue weighted by molar-refractivity contribution is 7.11. The molecule has 0 atom stereocenters. The summed E-state index contributed by atoms with van der Waals surface area (Å²) in [7, 11) is 0. The number of nitrogens with one attached hydrogen (secondary N) is 2. The molecule has 0 aliphatic carbocycles. The Morgan fingerprint density at radius 3 is 2.24 bits per heavy atom. The van der Waals surface area contributed by atoms with Crippen LogP contribution >= 0.6 is 11.3 Å². The number of nitrogens with zero attached hydrogens (tertiary/aromatic N) is 5. The summed E-state index contributed by atoms with van der Waals surface area (Å²) in [6.45, 7) is 20.7. The highest BCUT2D eigenvalue weighted by Crippen LogP contribution is 2.25. The molecule has 1 aliphatic rings. The van der Waals surface area contributed by atoms with E-state index in [1.807, 2.05) is 64.5 Å². The first-order valence-electron chi connectivity index (χ1n) is 12.3. The maximum Gasteiger partial charge on any atom is 0.177 e. The van der Waals surface area contributed by atoms with Crippen molar-refractivity contribution in [2.45, 2.75) is 61.8 Å². The molecule has 3 aromatic heterocycles. The first-order valence-corrected chi connectivity index (χ1v) is 13.1. The second-order valence-electron chi connectivity index (χ2n) is 8.92. The van der Waals surface area contributed by atoms with E-state index in [4.69, 9.17) is 0 Å². The number of allylic oxidation sites excluding steroid dienone is 1. The lowest BCUT2D eigenvalue weighted by atomic mass is 10.2. The van der Waals surface area contributed by atoms with Gasteiger partial charge in [0.1, 0.15) is 5.82 Å². The van der Waals surface area contributed by atoms with Crippen molar-refractivity contribution < 1.29 is 0 Å². The Morgan fingerprint density at radius 1 is 1.00 bits per heavy atom. The van der Waals surface area contributed by atoms with Gasteiger partial charge in [0.2, 0.25) is 0 Å². The van der Waals surface area contributed by atoms with Crippen molar-refractivity contribution >= 4 is 46.3 Å². The lowest BCUT2D eigenvalue weighted by molar-refractivity contribution is 1.16. The molecule has 0 radical (unpaired) electrons. The van der Waals surface area contributed by atoms with E-state index in [9.17, 15) is 0 Å². The van der Waals surface area contributed by atoms with Crippen molar-refractivity contribution in [2.75, 3.05) is 11.9 Å². The van der Waals surface area contributed by atoms with Crippen LogP contribution in [0, 0.1) is 34.6 Å². The van der Waals surface area contributed by atoms with E-state index >= 15 is 0 Å². The molecule has 4 aromatic rings. The number of rotatable bonds is 3. The number of aryl methyl sites for hydroxylation is 5. The van der Waals surface area contributed by atoms with Gasteiger partial charge >= 0.3 is 0 Å². The minimum atomic E-state index is 0.799. The Kier molecular flexibility index (Phi) is 11.8. The molecule has 0 saturated carbocycles. The van der Waals surface area contributed by atoms with Crippen LogP contribution in [0.2, 0.25) is 0 Å². The Labute approximate surface area is 225 Å². The van der Waals surface area contributed by atoms with Crippen LogP contribution in [0.5, 0.6) is 0 Å². The second kappa shape index (κ2) is 14.8. The molecular formula is C29H39N7S. The summed E-state index contributed by atoms with van der Waals surface area (Å²) in [6, 6.07) is 8.13. The van der Waals surface area contributed by atoms with Gasteiger partial charge in [-0.2, -0.15) is 0 Å². The van der Waals surface area contributed by atoms with Gasteiger partial charge in [0.05, 0.1) is 21.9 Å². The van der Waals surface area contributed by atoms with Gasteiger partial charge in [-0.1, -0.05) is 6.07 Å². The molecule has 0 bridgehead atoms. The minimum absolute atomic E-state index is 0.799. The number of thiazole rings is 1. The van der Waals surface area contributed by atoms with Gasteiger partial charge in [-0.3, -0.25) is 9.98 Å². The molecule has 2 N–H and O–H groups in total. The third-order valence-electron chi connectivity index (χ3n) is 5.06. The fourth-order valence-corrected chi connectivity index (χ4v) is 4.10. The van der Waals surface area contributed by atoms with E-state index in [0.29, 0.717) is 0 Å². The molecule has 0 fully saturated rings. The fourth-order valence-electron chi connectivity index (χ4n) is 3.43. The summed E-state index contributed by atoms with van der Waals surface area (Å²) >= 11 is 1.73. The zero-order valence-electron chi connectivity index (χ0n) is 23.3. The van der Waals surface area contributed by atoms with Crippen LogP contribution in [0.15, 0.2) is 58.4 Å². The Hall–Kier alpha value is -3.65. The molecule has 196 valence electrons. The molecule has 1 aliphatic heterocycles. The van der Waals surface area contributed by atoms with Crippen molar-refractivity contribution in [2.24, 2.45) is 9.98 Å². The first kappa shape index (κ1) is 29.6. The molecule has 8 heteroatoms. The number of imidazole rings is 1. The normalized spacial score (nSPS) is 11.7. The van der Waals surface area contributed by atoms with Crippen molar-refractivity contribution in [1.29, 1.82) is 0 Å². The number of anilines is 1. The van der Waals surface area contributed by atoms with E-state index in [1.165, 1.54) is 21.7 Å². The number of benzene rings is 1. The summed E-state index contributed by atoms with van der Waals surface area (Å²) < 4.78 is 0. The quantitative estimate of drug-likeness (QED) is 0.271. The molecule has 0 amide bonds. The van der Waals surface area contributed by atoms with Crippen LogP contribution in [0.25, 0.3) is 11.2 Å². The molecule has 7 nitrogen and oxygen atoms in total. The predicted octanol–water partition coefficient (Wildman–Crippen LogP) is 7.85. The van der Waals surface area contributed by atoms with Gasteiger partial charge in [-0.15, -0.1) is 11.3 Å². The van der Waals surface area contributed by atoms with Crippen LogP contribution in [0.3, 0.4) is 0 Å². The van der Waals surface area contributed by atoms with Crippen molar-refractivity contribution in [1.82, 2.24) is 19.9 Å². The Bertz CT molecular complexity index is 1330. The predicted molar refractivity (Wildman–Crippen MR) is 161 cm³/mol. The molecule has 0 spiro atoms. The molecule has 5 rings (SSSR count). The highest BCUT2D eigenvalue weighted by Gasteiger charge is 1.99. The monoisotopic (exact) mass is 517 g/mol. The first-order chi connectivity index (χ1) is 17.6. The number of hydrogen-bond acceptors (Lipinski definition) is 7. The van der Waals surface area contributed by atoms with Crippen molar-refractivity contribution in [3.63, 3.8) is 0 Å². The van der Waals surface area contributed by atoms with E-state index in [0.717, 1.165) is 51.9 Å². The Morgan fingerprint density at radius 2 is 1.76 bits per heavy atom. The van der Waals surface area contributed by atoms with Gasteiger partial charge in [-0.25, -0.2) is 15.0 Å². The maximum absolute atomic E-state index is 4.19. The average Bonchev–Trinajstić information content (AvgIpc) is 3.53. The summed E-state index contributed by atoms with van der Waals surface area (Å²) in [6.07, 6.45) is 6.72. The molecular weight excluding hydrogens is 478 g/mol. The standard InChI is InChI=1S/C10H14N2.C8H9N3.C6H9N.C5H7NS/c1-4-12-10-7-8(2)5-6-9(10)11-3;1-5-3-7-8(9-4-5)11-6(2)10-7;1-5-3-6(2)7-4-5;1-4-3-6-5(2)7-4/h5-7,12H,3-4H2,1-2H3;3-4H,1-2H3,(H,9,10,11);4H,3H2,1-2H3;3H,1-2H3. The number of fused-ring (bicyclic) bond motifs is 1. The zero-order valence-corrected chi connectivity index (χ0v) is 24.1. The highest BCUT2D eigenvalue weighted by atomic mass is 32.1. The summed E-state index contributed by atoms with van der Waals surface area (Å²) in [4.78, 5) is 24.8. The van der Waals surface area contributed by atoms with E-state index in [1.54, 1.807) is 11.3 Å². The number of aliphatic imine (C=N–C) groups is 2. The largest absolute Gasteiger partial charge is 0.384 e. The zero-order chi connectivity index (χ0) is 27.4. The van der Waals surface area contributed by atoms with Gasteiger partial charge < -0.3 is 10.3 Å². The summed E-state index contributed by atoms with van der Waals surface area (Å²) in [5, 5.41) is 4.38. The number of H-pyrrole nitrogens is 1. The van der Waals surface area contributed by atoms with E-state index in [-0.39, 0.29) is 0 Å². The van der Waals surface area contributed by atoms with Gasteiger partial charge in [0, 0.05) is 42.1 Å². The summed E-state index contributed by atoms with van der Waals surface area (Å²) in [5.41, 5.74) is 8.79. The van der Waals surface area contributed by atoms with Gasteiger partial charge in [0.25, 0.3) is 0 Å². The van der Waals surface area contributed by atoms with Crippen LogP contribution in [-0.4, -0.2) is 38.9 Å². The van der Waals surface area contributed by atoms with Gasteiger partial charge in [0.15, 0.2) is 5.65 Å². The molecule has 1 aromatic carbocycles. The smallest absolute Gasteiger partial charge is 0.177 e. The number of aromatic amines is 1. The lowest BCUT2D eigenvalue weighted by Crippen LogP contribution is -1.96. The van der Waals surface area contributed by atoms with Crippen LogP contribution in [0.4, 0.5) is 11.4 Å². The van der Waals surface area contributed by atoms with Crippen molar-refractivity contribution in [3.05, 3.63) is 75.3 Å². The molecule has 0 saturated heterocycles. The topological polar surface area (TPSA) is 91.2 Å². The van der Waals surface area contributed by atoms with Crippen LogP contribution in [0.1, 0.15) is 54.0 Å². The third kappa shape index (κ3) is 10.5. The van der Waals surface area contributed by atoms with E-state index in [2.05, 4.69) is 75.7 Å². The third-order valence-corrected chi connectivity index (χ3v) is 5.89. The van der Waals surface area contributed by atoms with Crippen molar-refractivity contribution in [3.8, 4) is 0 Å². The fraction of sp³-hybridized carbons (Fsp3) is 0.345. The minimum Gasteiger partial charge on any atom is -0.384 e. The number of hydrogen-bond donors (Lipinski definition) is 2. The molecule has 4 heterocycles. The SMILES string of the molecule is C=Nc1ccc(C)cc1NCC.CC1=CN=C(C)C1.Cc1cnc(C)s1.Cc1cnc2nc(C)[nH]c2c1. The number of pyridine rings is 1. The van der Waals surface area contributed by atoms with Gasteiger partial charge in [-0.05, 0) is 97.0 Å². The summed E-state index contributed by atoms with van der Waals surface area (Å²) in [5.74, 6) is 0.915. The van der Waals surface area contributed by atoms with Crippen LogP contribution in [-0.2, 0) is 0 Å². The molecule has 37 heavy (non-hydrogen) atoms. The second-order valence-corrected chi connectivity index (χ2v) is 10.4. The molecule has 0 unspecified atom stereocenters. The lowest BCUT2D eigenvalue weighted by Gasteiger charge is -2.07. The van der Waals surface area contributed by atoms with Crippen LogP contribution < -0.4 is 5.32 Å². The average molecular weight is 518 g/mol. The van der Waals surface area contributed by atoms with E-state index < -0.39 is 0 Å². The maximum atomic E-state index is 4.19. The Balaban J connectivity index is 0.000000178.